The molecule has 46 heavy (non-hydrogen) atoms. The summed E-state index contributed by atoms with van der Waals surface area (Å²) in [7, 11) is -4.04. The van der Waals surface area contributed by atoms with Gasteiger partial charge in [-0.3, -0.25) is 4.79 Å². The molecule has 248 valence electrons. The Bertz CT molecular complexity index is 1610. The molecule has 3 heterocycles. The van der Waals surface area contributed by atoms with E-state index in [2.05, 4.69) is 21.8 Å². The first-order chi connectivity index (χ1) is 22.1. The normalized spacial score (nSPS) is 34.8. The Morgan fingerprint density at radius 3 is 2.78 bits per heavy atom. The number of aliphatic hydroxyl groups excluding tert-OH is 1. The number of amides is 1. The molecular formula is C36H45ClN2O6S. The largest absolute Gasteiger partial charge is 0.490 e. The molecule has 2 bridgehead atoms. The van der Waals surface area contributed by atoms with Gasteiger partial charge in [0.25, 0.3) is 5.91 Å². The number of halogens is 1. The van der Waals surface area contributed by atoms with Crippen molar-refractivity contribution in [2.45, 2.75) is 87.6 Å². The minimum Gasteiger partial charge on any atom is -0.490 e. The smallest absolute Gasteiger partial charge is 0.264 e. The average Bonchev–Trinajstić information content (AvgIpc) is 3.47. The van der Waals surface area contributed by atoms with Gasteiger partial charge in [-0.05, 0) is 117 Å². The highest BCUT2D eigenvalue weighted by Crippen LogP contribution is 2.47. The van der Waals surface area contributed by atoms with E-state index >= 15 is 0 Å². The second-order valence-corrected chi connectivity index (χ2v) is 16.6. The molecule has 7 atom stereocenters. The zero-order chi connectivity index (χ0) is 32.1. The van der Waals surface area contributed by atoms with Crippen molar-refractivity contribution in [3.8, 4) is 5.75 Å². The van der Waals surface area contributed by atoms with E-state index in [0.717, 1.165) is 55.7 Å². The van der Waals surface area contributed by atoms with Gasteiger partial charge in [0.2, 0.25) is 10.0 Å². The number of rotatable bonds is 2. The van der Waals surface area contributed by atoms with Crippen LogP contribution in [-0.2, 0) is 26.6 Å². The van der Waals surface area contributed by atoms with Crippen LogP contribution in [0.25, 0.3) is 0 Å². The molecule has 2 N–H and O–H groups in total. The molecular weight excluding hydrogens is 624 g/mol. The van der Waals surface area contributed by atoms with Gasteiger partial charge in [-0.1, -0.05) is 36.7 Å². The first-order valence-corrected chi connectivity index (χ1v) is 18.9. The minimum absolute atomic E-state index is 0.110. The van der Waals surface area contributed by atoms with Crippen molar-refractivity contribution >= 4 is 33.2 Å². The third-order valence-corrected chi connectivity index (χ3v) is 13.5. The zero-order valence-corrected chi connectivity index (χ0v) is 28.1. The molecule has 1 saturated heterocycles. The molecule has 3 aliphatic heterocycles. The second-order valence-electron chi connectivity index (χ2n) is 14.3. The predicted molar refractivity (Wildman–Crippen MR) is 179 cm³/mol. The van der Waals surface area contributed by atoms with Crippen molar-refractivity contribution in [1.82, 2.24) is 4.72 Å². The third-order valence-electron chi connectivity index (χ3n) is 11.3. The molecule has 1 amide bonds. The fraction of sp³-hybridized carbons (Fsp3) is 0.583. The van der Waals surface area contributed by atoms with Crippen LogP contribution < -0.4 is 14.4 Å². The monoisotopic (exact) mass is 668 g/mol. The number of hydrogen-bond acceptors (Lipinski definition) is 7. The number of hydrogen-bond donors (Lipinski definition) is 2. The van der Waals surface area contributed by atoms with Gasteiger partial charge in [-0.15, -0.1) is 0 Å². The van der Waals surface area contributed by atoms with Gasteiger partial charge in [-0.2, -0.15) is 0 Å². The molecule has 1 saturated carbocycles. The van der Waals surface area contributed by atoms with Crippen molar-refractivity contribution < 1.29 is 27.8 Å². The van der Waals surface area contributed by atoms with Crippen LogP contribution in [0.4, 0.5) is 5.69 Å². The summed E-state index contributed by atoms with van der Waals surface area (Å²) in [5, 5.41) is 11.2. The van der Waals surface area contributed by atoms with Gasteiger partial charge < -0.3 is 19.5 Å². The van der Waals surface area contributed by atoms with Gasteiger partial charge in [0.15, 0.2) is 0 Å². The number of nitrogens with one attached hydrogen (secondary N) is 1. The Labute approximate surface area is 277 Å². The molecule has 0 aromatic heterocycles. The maximum Gasteiger partial charge on any atom is 0.264 e. The van der Waals surface area contributed by atoms with Crippen molar-refractivity contribution in [1.29, 1.82) is 0 Å². The van der Waals surface area contributed by atoms with E-state index in [-0.39, 0.29) is 34.8 Å². The van der Waals surface area contributed by atoms with E-state index in [1.807, 2.05) is 25.1 Å². The van der Waals surface area contributed by atoms with Gasteiger partial charge in [0, 0.05) is 35.7 Å². The lowest BCUT2D eigenvalue weighted by atomic mass is 9.68. The molecule has 0 radical (unpaired) electrons. The molecule has 2 aliphatic carbocycles. The summed E-state index contributed by atoms with van der Waals surface area (Å²) in [6.45, 7) is 4.42. The molecule has 10 heteroatoms. The van der Waals surface area contributed by atoms with Gasteiger partial charge in [-0.25, -0.2) is 13.1 Å². The number of carbonyl (C=O) groups excluding carboxylic acids is 1. The number of ether oxygens (including phenoxy) is 2. The fourth-order valence-corrected chi connectivity index (χ4v) is 10.5. The summed E-state index contributed by atoms with van der Waals surface area (Å²) in [6, 6.07) is 11.4. The highest BCUT2D eigenvalue weighted by molar-refractivity contribution is 7.90. The topological polar surface area (TPSA) is 105 Å². The molecule has 2 fully saturated rings. The standard InChI is InChI=1S/C36H45ClN2O6S/c1-23-5-2-8-32(40)29-12-9-26(29)20-39-21-36(15-3-6-24-17-27(37)11-13-30(24)36)22-45-33-14-10-25(18-31(33)39)35(41)38-46(42,43)34(23)19-28-7-4-16-44-28/h2,8,10-11,13-14,17-18,23,26,28-29,32,34,40H,3-7,9,12,15-16,19-22H2,1H3,(H,38,41)/b8-2+/t23-,26-,28+,29+,32-,34-,36-/m0/s1. The van der Waals surface area contributed by atoms with Gasteiger partial charge in [0.1, 0.15) is 5.75 Å². The molecule has 8 nitrogen and oxygen atoms in total. The number of aliphatic hydroxyl groups is 1. The van der Waals surface area contributed by atoms with Crippen LogP contribution in [0.3, 0.4) is 0 Å². The first kappa shape index (κ1) is 32.0. The first-order valence-electron chi connectivity index (χ1n) is 16.9. The average molecular weight is 669 g/mol. The van der Waals surface area contributed by atoms with E-state index in [1.54, 1.807) is 18.2 Å². The Kier molecular flexibility index (Phi) is 8.89. The summed E-state index contributed by atoms with van der Waals surface area (Å²) in [5.74, 6) is 0.149. The van der Waals surface area contributed by atoms with Crippen molar-refractivity contribution in [2.75, 3.05) is 31.2 Å². The Balaban J connectivity index is 1.27. The number of allylic oxidation sites excluding steroid dienone is 1. The molecule has 7 rings (SSSR count). The second kappa shape index (κ2) is 12.8. The molecule has 1 spiro atoms. The lowest BCUT2D eigenvalue weighted by Crippen LogP contribution is -2.49. The predicted octanol–water partition coefficient (Wildman–Crippen LogP) is 5.79. The third kappa shape index (κ3) is 6.20. The number of fused-ring (bicyclic) bond motifs is 4. The summed E-state index contributed by atoms with van der Waals surface area (Å²) in [4.78, 5) is 16.0. The molecule has 2 aromatic rings. The van der Waals surface area contributed by atoms with Crippen LogP contribution in [0.5, 0.6) is 5.75 Å². The Morgan fingerprint density at radius 2 is 2.00 bits per heavy atom. The maximum absolute atomic E-state index is 13.9. The van der Waals surface area contributed by atoms with Crippen molar-refractivity contribution in [3.63, 3.8) is 0 Å². The molecule has 5 aliphatic rings. The van der Waals surface area contributed by atoms with Crippen LogP contribution >= 0.6 is 11.6 Å². The Hall–Kier alpha value is -2.59. The SMILES string of the molecule is C[C@H]1C/C=C/[C@H](O)[C@@H]2CC[C@H]2CN2C[C@@]3(CCCc4cc(Cl)ccc43)COc3ccc(cc32)C(=O)NS(=O)(=O)[C@H]1C[C@H]1CCCO1. The summed E-state index contributed by atoms with van der Waals surface area (Å²) in [5.41, 5.74) is 3.31. The van der Waals surface area contributed by atoms with E-state index in [0.29, 0.717) is 44.9 Å². The number of anilines is 1. The number of sulfonamides is 1. The Morgan fingerprint density at radius 1 is 1.13 bits per heavy atom. The number of benzene rings is 2. The van der Waals surface area contributed by atoms with Gasteiger partial charge in [0.05, 0.1) is 29.8 Å². The number of carbonyl (C=O) groups is 1. The van der Waals surface area contributed by atoms with Crippen LogP contribution in [0, 0.1) is 17.8 Å². The van der Waals surface area contributed by atoms with Crippen LogP contribution in [-0.4, -0.2) is 63.2 Å². The van der Waals surface area contributed by atoms with Crippen LogP contribution in [0.2, 0.25) is 5.02 Å². The zero-order valence-electron chi connectivity index (χ0n) is 26.5. The van der Waals surface area contributed by atoms with Crippen molar-refractivity contribution in [3.05, 3.63) is 70.3 Å². The maximum atomic E-state index is 13.9. The van der Waals surface area contributed by atoms with E-state index in [1.165, 1.54) is 11.1 Å². The van der Waals surface area contributed by atoms with Crippen molar-refractivity contribution in [2.24, 2.45) is 17.8 Å². The van der Waals surface area contributed by atoms with E-state index in [4.69, 9.17) is 21.1 Å². The number of aryl methyl sites for hydroxylation is 1. The minimum atomic E-state index is -4.04. The lowest BCUT2D eigenvalue weighted by Gasteiger charge is -2.45. The molecule has 0 unspecified atom stereocenters. The fourth-order valence-electron chi connectivity index (χ4n) is 8.55. The quantitative estimate of drug-likeness (QED) is 0.390. The lowest BCUT2D eigenvalue weighted by molar-refractivity contribution is 0.0455. The molecule has 2 aromatic carbocycles. The summed E-state index contributed by atoms with van der Waals surface area (Å²) in [6.07, 6.45) is 10.4. The highest BCUT2D eigenvalue weighted by atomic mass is 35.5. The van der Waals surface area contributed by atoms with Gasteiger partial charge >= 0.3 is 0 Å². The van der Waals surface area contributed by atoms with E-state index in [9.17, 15) is 18.3 Å². The summed E-state index contributed by atoms with van der Waals surface area (Å²) >= 11 is 6.41. The van der Waals surface area contributed by atoms with E-state index < -0.39 is 27.3 Å². The van der Waals surface area contributed by atoms with Crippen LogP contribution in [0.1, 0.15) is 79.8 Å². The summed E-state index contributed by atoms with van der Waals surface area (Å²) < 4.78 is 42.5. The highest BCUT2D eigenvalue weighted by Gasteiger charge is 2.44. The number of nitrogens with zero attached hydrogens (tertiary/aromatic N) is 1. The van der Waals surface area contributed by atoms with Crippen LogP contribution in [0.15, 0.2) is 48.6 Å².